The third-order valence-corrected chi connectivity index (χ3v) is 9.70. The van der Waals surface area contributed by atoms with Gasteiger partial charge in [0.25, 0.3) is 0 Å². The molecule has 0 unspecified atom stereocenters. The van der Waals surface area contributed by atoms with Crippen molar-refractivity contribution < 1.29 is 48.0 Å². The first-order chi connectivity index (χ1) is 21.7. The Morgan fingerprint density at radius 3 is 1.33 bits per heavy atom. The van der Waals surface area contributed by atoms with Crippen molar-refractivity contribution in [1.82, 2.24) is 24.7 Å². The van der Waals surface area contributed by atoms with Crippen LogP contribution in [-0.4, -0.2) is 40.9 Å². The molecule has 0 spiro atoms. The van der Waals surface area contributed by atoms with E-state index in [1.807, 2.05) is 54.1 Å². The summed E-state index contributed by atoms with van der Waals surface area (Å²) in [5.41, 5.74) is 0. The zero-order valence-corrected chi connectivity index (χ0v) is 30.2. The predicted molar refractivity (Wildman–Crippen MR) is 176 cm³/mol. The summed E-state index contributed by atoms with van der Waals surface area (Å²) in [5, 5.41) is 17.0. The number of halogens is 2. The Labute approximate surface area is 287 Å². The van der Waals surface area contributed by atoms with Gasteiger partial charge in [-0.15, -0.1) is 6.20 Å². The molecular formula is C31H36Cl2N6O3P2Ru+3. The molecule has 0 saturated heterocycles. The first kappa shape index (κ1) is 38.4. The summed E-state index contributed by atoms with van der Waals surface area (Å²) >= 11 is 1.82. The quantitative estimate of drug-likeness (QED) is 0.126. The monoisotopic (exact) mass is 774 g/mol. The van der Waals surface area contributed by atoms with Crippen molar-refractivity contribution in [3.05, 3.63) is 146 Å². The fraction of sp³-hybridized carbons (Fsp3) is 0.129. The van der Waals surface area contributed by atoms with Crippen LogP contribution in [0.4, 0.5) is 0 Å². The molecule has 14 heteroatoms. The topological polar surface area (TPSA) is 81.3 Å². The Balaban J connectivity index is 0.000000247. The van der Waals surface area contributed by atoms with Crippen molar-refractivity contribution >= 4 is 42.1 Å². The molecule has 0 bridgehead atoms. The molecule has 0 aliphatic heterocycles. The minimum atomic E-state index is -1.36. The molecule has 3 aromatic heterocycles. The second-order valence-electron chi connectivity index (χ2n) is 8.64. The van der Waals surface area contributed by atoms with Gasteiger partial charge in [0, 0.05) is 24.8 Å². The van der Waals surface area contributed by atoms with Crippen LogP contribution < -0.4 is 38.1 Å². The van der Waals surface area contributed by atoms with Crippen LogP contribution in [0.2, 0.25) is 0 Å². The Morgan fingerprint density at radius 2 is 1.07 bits per heavy atom. The molecule has 6 aromatic rings. The van der Waals surface area contributed by atoms with Crippen LogP contribution in [0.1, 0.15) is 6.29 Å². The summed E-state index contributed by atoms with van der Waals surface area (Å²) < 4.78 is 19.5. The van der Waals surface area contributed by atoms with Gasteiger partial charge in [0.1, 0.15) is 15.9 Å². The molecule has 0 aliphatic carbocycles. The van der Waals surface area contributed by atoms with Gasteiger partial charge in [0.2, 0.25) is 0 Å². The van der Waals surface area contributed by atoms with Crippen molar-refractivity contribution in [2.45, 2.75) is 6.29 Å². The fourth-order valence-electron chi connectivity index (χ4n) is 4.18. The van der Waals surface area contributed by atoms with E-state index >= 15 is 0 Å². The molecule has 237 valence electrons. The van der Waals surface area contributed by atoms with Gasteiger partial charge in [-0.05, 0) is 54.6 Å². The van der Waals surface area contributed by atoms with Crippen molar-refractivity contribution in [1.29, 1.82) is 0 Å². The van der Waals surface area contributed by atoms with E-state index < -0.39 is 16.5 Å². The Morgan fingerprint density at radius 1 is 0.667 bits per heavy atom. The van der Waals surface area contributed by atoms with Gasteiger partial charge < -0.3 is 17.5 Å². The third kappa shape index (κ3) is 12.2. The molecule has 45 heavy (non-hydrogen) atoms. The van der Waals surface area contributed by atoms with Crippen LogP contribution in [-0.2, 0) is 30.9 Å². The van der Waals surface area contributed by atoms with E-state index in [9.17, 15) is 0 Å². The number of benzene rings is 3. The molecule has 0 fully saturated rings. The molecule has 0 atom stereocenters. The maximum absolute atomic E-state index is 4.71. The van der Waals surface area contributed by atoms with Crippen LogP contribution >= 0.6 is 26.2 Å². The predicted octanol–water partition coefficient (Wildman–Crippen LogP) is 1.63. The molecule has 3 aromatic carbocycles. The van der Waals surface area contributed by atoms with E-state index in [2.05, 4.69) is 116 Å². The second kappa shape index (κ2) is 22.7. The normalized spacial score (nSPS) is 10.1. The average molecular weight is 775 g/mol. The van der Waals surface area contributed by atoms with Crippen LogP contribution in [0, 0.1) is 0 Å². The second-order valence-corrected chi connectivity index (χ2v) is 12.8. The molecule has 3 heterocycles. The molecule has 0 aliphatic rings. The van der Waals surface area contributed by atoms with Gasteiger partial charge in [-0.3, -0.25) is 0 Å². The minimum Gasteiger partial charge on any atom is -0.414 e. The summed E-state index contributed by atoms with van der Waals surface area (Å²) in [6.07, 6.45) is 10.7. The van der Waals surface area contributed by atoms with Gasteiger partial charge in [0.15, 0.2) is 6.20 Å². The minimum absolute atomic E-state index is 0. The standard InChI is InChI=1S/C18H15P.C10H10N6.C3H10O3P.2ClH.Ru/c1-4-10-16(11-5-1)19(17-12-6-2-7-13-17)18-14-8-3-9-15-18;1-4-11-14(7-1)10(15-8-2-5-12-15)16-9-3-6-13-16;1-4-7(5-2)6-3;;;/h1-15H;1-10H;7H,1-3H3;2*1H;/q;;+1;;;+3/p-1. The number of hydrogen-bond acceptors (Lipinski definition) is 5. The summed E-state index contributed by atoms with van der Waals surface area (Å²) in [7, 11) is 7.00. The molecule has 0 saturated carbocycles. The zero-order valence-electron chi connectivity index (χ0n) is 25.0. The largest absolute Gasteiger partial charge is 0.414 e. The number of hydrogen-bond donors (Lipinski definition) is 0. The smallest absolute Gasteiger partial charge is 0.344 e. The molecule has 0 amide bonds. The van der Waals surface area contributed by atoms with Gasteiger partial charge in [-0.2, -0.15) is 33.1 Å². The summed E-state index contributed by atoms with van der Waals surface area (Å²) in [4.78, 5) is 0. The van der Waals surface area contributed by atoms with Crippen molar-refractivity contribution in [2.24, 2.45) is 0 Å². The summed E-state index contributed by atoms with van der Waals surface area (Å²) in [6, 6.07) is 38.1. The van der Waals surface area contributed by atoms with Crippen molar-refractivity contribution in [3.8, 4) is 0 Å². The van der Waals surface area contributed by atoms with Crippen LogP contribution in [0.15, 0.2) is 146 Å². The molecule has 0 N–H and O–H groups in total. The number of nitrogens with zero attached hydrogens (tertiary/aromatic N) is 6. The van der Waals surface area contributed by atoms with E-state index in [-0.39, 0.29) is 18.7 Å². The molecule has 6 rings (SSSR count). The van der Waals surface area contributed by atoms with Crippen LogP contribution in [0.25, 0.3) is 0 Å². The van der Waals surface area contributed by atoms with E-state index in [1.165, 1.54) is 15.9 Å². The van der Waals surface area contributed by atoms with Crippen molar-refractivity contribution in [3.63, 3.8) is 0 Å². The maximum Gasteiger partial charge on any atom is 0.344 e. The fourth-order valence-corrected chi connectivity index (χ4v) is 7.26. The van der Waals surface area contributed by atoms with E-state index in [0.29, 0.717) is 0 Å². The first-order valence-corrected chi connectivity index (χ1v) is 18.3. The maximum atomic E-state index is 4.71. The Hall–Kier alpha value is -2.77. The van der Waals surface area contributed by atoms with Crippen LogP contribution in [0.5, 0.6) is 0 Å². The Kier molecular flexibility index (Phi) is 19.4. The number of aromatic nitrogens is 6. The van der Waals surface area contributed by atoms with E-state index in [1.54, 1.807) is 54.0 Å². The van der Waals surface area contributed by atoms with E-state index in [0.717, 1.165) is 0 Å². The van der Waals surface area contributed by atoms with Gasteiger partial charge in [-0.1, -0.05) is 54.6 Å². The molecular weight excluding hydrogens is 738 g/mol. The van der Waals surface area contributed by atoms with Gasteiger partial charge >= 0.3 is 41.9 Å². The van der Waals surface area contributed by atoms with Gasteiger partial charge in [-0.25, -0.2) is 4.68 Å². The first-order valence-electron chi connectivity index (χ1n) is 13.4. The van der Waals surface area contributed by atoms with E-state index in [4.69, 9.17) is 13.6 Å². The average Bonchev–Trinajstić information content (AvgIpc) is 3.92. The van der Waals surface area contributed by atoms with Crippen LogP contribution in [0.3, 0.4) is 0 Å². The Bertz CT molecular complexity index is 1320. The summed E-state index contributed by atoms with van der Waals surface area (Å²) in [5.74, 6) is 0. The van der Waals surface area contributed by atoms with Crippen molar-refractivity contribution in [2.75, 3.05) is 21.3 Å². The molecule has 9 nitrogen and oxygen atoms in total. The number of rotatable bonds is 9. The summed E-state index contributed by atoms with van der Waals surface area (Å²) in [6.45, 7) is 0. The molecule has 0 radical (unpaired) electrons. The zero-order chi connectivity index (χ0) is 31.4. The third-order valence-electron chi connectivity index (χ3n) is 5.97. The van der Waals surface area contributed by atoms with Gasteiger partial charge in [0.05, 0.1) is 29.3 Å². The SMILES string of the molecule is CO[PH+](OC)OC.[Cl-].[Cl][Ru+2].c1ccc([PH+](c2ccccc2)c2ccccc2)cc1.c1cnn(C(n2cccn2)[n+]2ccc[n-]2)c1.